The molecule has 1 aliphatic rings. The quantitative estimate of drug-likeness (QED) is 0.838. The Morgan fingerprint density at radius 2 is 2.15 bits per heavy atom. The van der Waals surface area contributed by atoms with Gasteiger partial charge in [0, 0.05) is 19.5 Å². The van der Waals surface area contributed by atoms with Gasteiger partial charge >= 0.3 is 0 Å². The Balaban J connectivity index is 1.65. The average Bonchev–Trinajstić information content (AvgIpc) is 2.47. The summed E-state index contributed by atoms with van der Waals surface area (Å²) < 4.78 is 5.56. The molecule has 1 amide bonds. The molecule has 1 N–H and O–H groups in total. The number of piperidine rings is 1. The van der Waals surface area contributed by atoms with E-state index in [1.807, 2.05) is 37.3 Å². The van der Waals surface area contributed by atoms with Gasteiger partial charge in [-0.2, -0.15) is 0 Å². The molecule has 0 aliphatic carbocycles. The summed E-state index contributed by atoms with van der Waals surface area (Å²) in [7, 11) is 0. The van der Waals surface area contributed by atoms with Crippen molar-refractivity contribution < 1.29 is 14.6 Å². The molecule has 1 aliphatic heterocycles. The highest BCUT2D eigenvalue weighted by Crippen LogP contribution is 2.18. The van der Waals surface area contributed by atoms with E-state index in [0.29, 0.717) is 31.9 Å². The van der Waals surface area contributed by atoms with Gasteiger partial charge in [-0.15, -0.1) is 0 Å². The van der Waals surface area contributed by atoms with E-state index in [9.17, 15) is 9.90 Å². The zero-order valence-corrected chi connectivity index (χ0v) is 12.0. The average molecular weight is 277 g/mol. The maximum Gasteiger partial charge on any atom is 0.222 e. The lowest BCUT2D eigenvalue weighted by atomic mass is 9.96. The Bertz CT molecular complexity index is 421. The molecule has 1 heterocycles. The molecule has 1 aromatic rings. The van der Waals surface area contributed by atoms with Crippen molar-refractivity contribution in [3.05, 3.63) is 30.3 Å². The molecule has 4 heteroatoms. The van der Waals surface area contributed by atoms with Crippen LogP contribution in [0.5, 0.6) is 5.75 Å². The van der Waals surface area contributed by atoms with Crippen LogP contribution in [0, 0.1) is 5.92 Å². The maximum atomic E-state index is 12.0. The van der Waals surface area contributed by atoms with Gasteiger partial charge in [0.05, 0.1) is 12.7 Å². The van der Waals surface area contributed by atoms with Gasteiger partial charge in [0.1, 0.15) is 5.75 Å². The Labute approximate surface area is 120 Å². The molecule has 0 radical (unpaired) electrons. The summed E-state index contributed by atoms with van der Waals surface area (Å²) in [5, 5.41) is 9.80. The maximum absolute atomic E-state index is 12.0. The third-order valence-corrected chi connectivity index (χ3v) is 3.82. The molecule has 4 nitrogen and oxygen atoms in total. The van der Waals surface area contributed by atoms with E-state index in [1.54, 1.807) is 4.90 Å². The van der Waals surface area contributed by atoms with Crippen LogP contribution in [0.25, 0.3) is 0 Å². The van der Waals surface area contributed by atoms with Crippen molar-refractivity contribution in [1.82, 2.24) is 4.90 Å². The summed E-state index contributed by atoms with van der Waals surface area (Å²) in [6.45, 7) is 3.80. The molecule has 0 spiro atoms. The molecule has 110 valence electrons. The molecule has 1 saturated heterocycles. The minimum atomic E-state index is -0.381. The van der Waals surface area contributed by atoms with Gasteiger partial charge in [0.15, 0.2) is 0 Å². The number of benzene rings is 1. The van der Waals surface area contributed by atoms with E-state index < -0.39 is 0 Å². The molecule has 2 rings (SSSR count). The normalized spacial score (nSPS) is 22.6. The van der Waals surface area contributed by atoms with E-state index in [0.717, 1.165) is 18.7 Å². The molecule has 2 atom stereocenters. The Hall–Kier alpha value is -1.55. The van der Waals surface area contributed by atoms with Gasteiger partial charge in [-0.1, -0.05) is 25.1 Å². The van der Waals surface area contributed by atoms with E-state index in [2.05, 4.69) is 0 Å². The molecule has 1 aromatic carbocycles. The van der Waals surface area contributed by atoms with Crippen LogP contribution in [-0.4, -0.2) is 41.7 Å². The first-order valence-electron chi connectivity index (χ1n) is 7.30. The fraction of sp³-hybridized carbons (Fsp3) is 0.562. The second-order valence-corrected chi connectivity index (χ2v) is 5.44. The lowest BCUT2D eigenvalue weighted by molar-refractivity contribution is -0.135. The van der Waals surface area contributed by atoms with Crippen LogP contribution in [0.1, 0.15) is 26.2 Å². The van der Waals surface area contributed by atoms with E-state index in [1.165, 1.54) is 0 Å². The highest BCUT2D eigenvalue weighted by atomic mass is 16.5. The fourth-order valence-corrected chi connectivity index (χ4v) is 2.36. The first-order valence-corrected chi connectivity index (χ1v) is 7.30. The van der Waals surface area contributed by atoms with Gasteiger partial charge in [-0.25, -0.2) is 0 Å². The van der Waals surface area contributed by atoms with Crippen molar-refractivity contribution in [1.29, 1.82) is 0 Å². The summed E-state index contributed by atoms with van der Waals surface area (Å²) in [6, 6.07) is 9.61. The Morgan fingerprint density at radius 1 is 1.40 bits per heavy atom. The van der Waals surface area contributed by atoms with Crippen molar-refractivity contribution in [3.63, 3.8) is 0 Å². The fourth-order valence-electron chi connectivity index (χ4n) is 2.36. The Kier molecular flexibility index (Phi) is 5.41. The number of ether oxygens (including phenoxy) is 1. The largest absolute Gasteiger partial charge is 0.494 e. The highest BCUT2D eigenvalue weighted by molar-refractivity contribution is 5.76. The molecule has 0 saturated carbocycles. The van der Waals surface area contributed by atoms with Gasteiger partial charge in [0.2, 0.25) is 5.91 Å². The number of nitrogens with zero attached hydrogens (tertiary/aromatic N) is 1. The lowest BCUT2D eigenvalue weighted by Crippen LogP contribution is -2.45. The number of β-amino-alcohol motifs (C(OH)–C–C–N with tert-alkyl or cyclic N) is 1. The third kappa shape index (κ3) is 4.23. The number of rotatable bonds is 5. The lowest BCUT2D eigenvalue weighted by Gasteiger charge is -2.34. The van der Waals surface area contributed by atoms with E-state index in [4.69, 9.17) is 4.74 Å². The molecule has 2 unspecified atom stereocenters. The molecular weight excluding hydrogens is 254 g/mol. The number of likely N-dealkylation sites (tertiary alicyclic amines) is 1. The number of carbonyl (C=O) groups is 1. The topological polar surface area (TPSA) is 49.8 Å². The van der Waals surface area contributed by atoms with E-state index in [-0.39, 0.29) is 12.0 Å². The Morgan fingerprint density at radius 3 is 2.85 bits per heavy atom. The number of para-hydroxylation sites is 1. The third-order valence-electron chi connectivity index (χ3n) is 3.82. The monoisotopic (exact) mass is 277 g/mol. The number of aliphatic hydroxyl groups is 1. The molecule has 0 aromatic heterocycles. The van der Waals surface area contributed by atoms with Gasteiger partial charge < -0.3 is 14.7 Å². The summed E-state index contributed by atoms with van der Waals surface area (Å²) in [5.74, 6) is 1.25. The SMILES string of the molecule is CC1CCN(C(=O)CCCOc2ccccc2)CC1O. The number of carbonyl (C=O) groups excluding carboxylic acids is 1. The predicted octanol–water partition coefficient (Wildman–Crippen LogP) is 2.07. The van der Waals surface area contributed by atoms with Crippen molar-refractivity contribution in [2.45, 2.75) is 32.3 Å². The summed E-state index contributed by atoms with van der Waals surface area (Å²) in [4.78, 5) is 13.8. The van der Waals surface area contributed by atoms with Crippen LogP contribution in [0.3, 0.4) is 0 Å². The molecule has 1 fully saturated rings. The minimum absolute atomic E-state index is 0.118. The first kappa shape index (κ1) is 14.9. The summed E-state index contributed by atoms with van der Waals surface area (Å²) in [5.41, 5.74) is 0. The van der Waals surface area contributed by atoms with Crippen LogP contribution in [0.2, 0.25) is 0 Å². The number of hydrogen-bond acceptors (Lipinski definition) is 3. The summed E-state index contributed by atoms with van der Waals surface area (Å²) in [6.07, 6.45) is 1.69. The minimum Gasteiger partial charge on any atom is -0.494 e. The zero-order chi connectivity index (χ0) is 14.4. The number of hydrogen-bond donors (Lipinski definition) is 1. The smallest absolute Gasteiger partial charge is 0.222 e. The molecular formula is C16H23NO3. The van der Waals surface area contributed by atoms with Crippen molar-refractivity contribution in [2.75, 3.05) is 19.7 Å². The number of aliphatic hydroxyl groups excluding tert-OH is 1. The van der Waals surface area contributed by atoms with E-state index >= 15 is 0 Å². The standard InChI is InChI=1S/C16H23NO3/c1-13-9-10-17(12-15(13)18)16(19)8-5-11-20-14-6-3-2-4-7-14/h2-4,6-7,13,15,18H,5,8-12H2,1H3. The van der Waals surface area contributed by atoms with Gasteiger partial charge in [-0.3, -0.25) is 4.79 Å². The van der Waals surface area contributed by atoms with Crippen LogP contribution < -0.4 is 4.74 Å². The van der Waals surface area contributed by atoms with Crippen molar-refractivity contribution in [3.8, 4) is 5.75 Å². The molecule has 20 heavy (non-hydrogen) atoms. The first-order chi connectivity index (χ1) is 9.66. The highest BCUT2D eigenvalue weighted by Gasteiger charge is 2.26. The van der Waals surface area contributed by atoms with Gasteiger partial charge in [0.25, 0.3) is 0 Å². The predicted molar refractivity (Wildman–Crippen MR) is 77.5 cm³/mol. The zero-order valence-electron chi connectivity index (χ0n) is 12.0. The van der Waals surface area contributed by atoms with Crippen LogP contribution >= 0.6 is 0 Å². The summed E-state index contributed by atoms with van der Waals surface area (Å²) >= 11 is 0. The van der Waals surface area contributed by atoms with Crippen LogP contribution in [-0.2, 0) is 4.79 Å². The van der Waals surface area contributed by atoms with Gasteiger partial charge in [-0.05, 0) is 30.9 Å². The van der Waals surface area contributed by atoms with Crippen LogP contribution in [0.4, 0.5) is 0 Å². The second kappa shape index (κ2) is 7.29. The van der Waals surface area contributed by atoms with Crippen molar-refractivity contribution >= 4 is 5.91 Å². The number of amides is 1. The second-order valence-electron chi connectivity index (χ2n) is 5.44. The van der Waals surface area contributed by atoms with Crippen molar-refractivity contribution in [2.24, 2.45) is 5.92 Å². The molecule has 0 bridgehead atoms. The van der Waals surface area contributed by atoms with Crippen LogP contribution in [0.15, 0.2) is 30.3 Å².